The van der Waals surface area contributed by atoms with E-state index in [2.05, 4.69) is 38.6 Å². The summed E-state index contributed by atoms with van der Waals surface area (Å²) in [5, 5.41) is 8.26. The van der Waals surface area contributed by atoms with Gasteiger partial charge in [-0.15, -0.1) is 5.10 Å². The Morgan fingerprint density at radius 3 is 2.61 bits per heavy atom. The molecule has 1 aliphatic heterocycles. The molecule has 0 amide bonds. The Balaban J connectivity index is 1.21. The number of benzene rings is 1. The molecule has 1 N–H and O–H groups in total. The maximum atomic E-state index is 15.0. The van der Waals surface area contributed by atoms with Gasteiger partial charge in [-0.3, -0.25) is 4.90 Å². The minimum absolute atomic E-state index is 0.191. The second-order valence-corrected chi connectivity index (χ2v) is 10.4. The number of morpholine rings is 1. The molecule has 4 heterocycles. The van der Waals surface area contributed by atoms with E-state index in [0.717, 1.165) is 67.1 Å². The van der Waals surface area contributed by atoms with Gasteiger partial charge < -0.3 is 14.6 Å². The van der Waals surface area contributed by atoms with E-state index in [-0.39, 0.29) is 11.9 Å². The number of imidazole rings is 1. The van der Waals surface area contributed by atoms with Crippen molar-refractivity contribution in [3.63, 3.8) is 0 Å². The second kappa shape index (κ2) is 9.44. The van der Waals surface area contributed by atoms with Crippen LogP contribution in [0, 0.1) is 12.7 Å². The van der Waals surface area contributed by atoms with Crippen LogP contribution in [0.25, 0.3) is 27.7 Å². The van der Waals surface area contributed by atoms with Gasteiger partial charge in [0.1, 0.15) is 11.3 Å². The summed E-state index contributed by atoms with van der Waals surface area (Å²) in [6.07, 6.45) is 8.35. The molecule has 0 radical (unpaired) electrons. The van der Waals surface area contributed by atoms with E-state index in [9.17, 15) is 0 Å². The molecule has 190 valence electrons. The van der Waals surface area contributed by atoms with E-state index in [1.807, 2.05) is 36.0 Å². The zero-order valence-corrected chi connectivity index (χ0v) is 21.2. The van der Waals surface area contributed by atoms with Crippen molar-refractivity contribution in [2.45, 2.75) is 64.6 Å². The summed E-state index contributed by atoms with van der Waals surface area (Å²) < 4.78 is 24.4. The molecule has 1 saturated heterocycles. The summed E-state index contributed by atoms with van der Waals surface area (Å²) in [4.78, 5) is 11.7. The van der Waals surface area contributed by atoms with Gasteiger partial charge in [0, 0.05) is 43.0 Å². The number of rotatable bonds is 5. The predicted molar refractivity (Wildman–Crippen MR) is 139 cm³/mol. The van der Waals surface area contributed by atoms with Gasteiger partial charge in [0.05, 0.1) is 30.4 Å². The number of nitrogens with one attached hydrogen (secondary N) is 1. The average Bonchev–Trinajstić information content (AvgIpc) is 3.45. The fraction of sp³-hybridized carbons (Fsp3) is 0.519. The number of fused-ring (bicyclic) bond motifs is 2. The van der Waals surface area contributed by atoms with E-state index in [0.29, 0.717) is 23.5 Å². The summed E-state index contributed by atoms with van der Waals surface area (Å²) in [6.45, 7) is 9.90. The van der Waals surface area contributed by atoms with Crippen LogP contribution in [0.15, 0.2) is 30.6 Å². The van der Waals surface area contributed by atoms with E-state index in [1.165, 1.54) is 12.8 Å². The number of hydrogen-bond donors (Lipinski definition) is 1. The molecule has 6 rings (SSSR count). The Labute approximate surface area is 210 Å². The van der Waals surface area contributed by atoms with Crippen molar-refractivity contribution in [3.05, 3.63) is 42.2 Å². The number of anilines is 1. The first kappa shape index (κ1) is 23.4. The van der Waals surface area contributed by atoms with Gasteiger partial charge in [0.15, 0.2) is 5.82 Å². The number of hydrogen-bond acceptors (Lipinski definition) is 6. The highest BCUT2D eigenvalue weighted by atomic mass is 19.1. The standard InChI is InChI=1S/C27H34FN7O/c1-17(2)35-18(3)30-26-23(28)14-19(15-24(26)35)22-8-9-34-25(22)16-29-27(32-34)31-20-4-6-21(7-5-20)33-10-12-36-13-11-33/h8-9,14-17,20-21H,4-7,10-13H2,1-3H3,(H,31,32). The zero-order valence-electron chi connectivity index (χ0n) is 21.2. The van der Waals surface area contributed by atoms with E-state index in [1.54, 1.807) is 6.07 Å². The van der Waals surface area contributed by atoms with Crippen molar-refractivity contribution in [2.75, 3.05) is 31.6 Å². The third-order valence-electron chi connectivity index (χ3n) is 7.76. The first-order chi connectivity index (χ1) is 17.5. The SMILES string of the molecule is Cc1nc2c(F)cc(-c3ccn4nc(NC5CCC(N6CCOCC6)CC5)ncc34)cc2n1C(C)C. The summed E-state index contributed by atoms with van der Waals surface area (Å²) >= 11 is 0. The first-order valence-corrected chi connectivity index (χ1v) is 13.1. The molecule has 36 heavy (non-hydrogen) atoms. The molecule has 1 aromatic carbocycles. The number of aromatic nitrogens is 5. The fourth-order valence-corrected chi connectivity index (χ4v) is 6.00. The number of aryl methyl sites for hydroxylation is 1. The van der Waals surface area contributed by atoms with Gasteiger partial charge in [0.25, 0.3) is 0 Å². The van der Waals surface area contributed by atoms with Crippen LogP contribution in [-0.4, -0.2) is 67.4 Å². The first-order valence-electron chi connectivity index (χ1n) is 13.1. The summed E-state index contributed by atoms with van der Waals surface area (Å²) in [5.74, 6) is 1.14. The molecule has 0 atom stereocenters. The number of ether oxygens (including phenoxy) is 1. The van der Waals surface area contributed by atoms with Crippen molar-refractivity contribution >= 4 is 22.5 Å². The lowest BCUT2D eigenvalue weighted by Gasteiger charge is -2.38. The summed E-state index contributed by atoms with van der Waals surface area (Å²) in [5.41, 5.74) is 3.78. The molecule has 8 nitrogen and oxygen atoms in total. The minimum atomic E-state index is -0.309. The minimum Gasteiger partial charge on any atom is -0.379 e. The Hall–Kier alpha value is -3.04. The Morgan fingerprint density at radius 2 is 1.86 bits per heavy atom. The Morgan fingerprint density at radius 1 is 1.08 bits per heavy atom. The molecule has 2 fully saturated rings. The van der Waals surface area contributed by atoms with Crippen LogP contribution in [0.4, 0.5) is 10.3 Å². The van der Waals surface area contributed by atoms with Gasteiger partial charge >= 0.3 is 0 Å². The van der Waals surface area contributed by atoms with E-state index < -0.39 is 0 Å². The third kappa shape index (κ3) is 4.24. The second-order valence-electron chi connectivity index (χ2n) is 10.4. The highest BCUT2D eigenvalue weighted by molar-refractivity contribution is 5.88. The van der Waals surface area contributed by atoms with E-state index >= 15 is 4.39 Å². The van der Waals surface area contributed by atoms with Gasteiger partial charge in [-0.2, -0.15) is 0 Å². The molecule has 1 saturated carbocycles. The van der Waals surface area contributed by atoms with E-state index in [4.69, 9.17) is 9.84 Å². The monoisotopic (exact) mass is 491 g/mol. The van der Waals surface area contributed by atoms with Crippen LogP contribution < -0.4 is 5.32 Å². The highest BCUT2D eigenvalue weighted by Gasteiger charge is 2.27. The molecule has 0 bridgehead atoms. The molecular formula is C27H34FN7O. The number of halogens is 1. The van der Waals surface area contributed by atoms with Gasteiger partial charge in [-0.25, -0.2) is 18.9 Å². The molecule has 0 spiro atoms. The summed E-state index contributed by atoms with van der Waals surface area (Å²) in [7, 11) is 0. The molecule has 1 aliphatic carbocycles. The third-order valence-corrected chi connectivity index (χ3v) is 7.76. The van der Waals surface area contributed by atoms with Gasteiger partial charge in [-0.1, -0.05) is 0 Å². The van der Waals surface area contributed by atoms with Crippen molar-refractivity contribution in [1.82, 2.24) is 29.0 Å². The van der Waals surface area contributed by atoms with Crippen molar-refractivity contribution in [1.29, 1.82) is 0 Å². The lowest BCUT2D eigenvalue weighted by molar-refractivity contribution is 0.00790. The van der Waals surface area contributed by atoms with Gasteiger partial charge in [0.2, 0.25) is 5.95 Å². The summed E-state index contributed by atoms with van der Waals surface area (Å²) in [6, 6.07) is 6.80. The molecule has 3 aromatic heterocycles. The Bertz CT molecular complexity index is 1380. The van der Waals surface area contributed by atoms with Crippen LogP contribution in [-0.2, 0) is 4.74 Å². The molecule has 2 aliphatic rings. The van der Waals surface area contributed by atoms with Crippen LogP contribution in [0.1, 0.15) is 51.4 Å². The Kier molecular flexibility index (Phi) is 6.13. The lowest BCUT2D eigenvalue weighted by atomic mass is 9.90. The molecular weight excluding hydrogens is 457 g/mol. The van der Waals surface area contributed by atoms with Crippen molar-refractivity contribution in [2.24, 2.45) is 0 Å². The number of nitrogens with zero attached hydrogens (tertiary/aromatic N) is 6. The quantitative estimate of drug-likeness (QED) is 0.431. The van der Waals surface area contributed by atoms with Crippen molar-refractivity contribution < 1.29 is 9.13 Å². The van der Waals surface area contributed by atoms with Crippen LogP contribution in [0.5, 0.6) is 0 Å². The highest BCUT2D eigenvalue weighted by Crippen LogP contribution is 2.32. The van der Waals surface area contributed by atoms with Crippen LogP contribution in [0.3, 0.4) is 0 Å². The fourth-order valence-electron chi connectivity index (χ4n) is 6.00. The molecule has 0 unspecified atom stereocenters. The van der Waals surface area contributed by atoms with Crippen LogP contribution in [0.2, 0.25) is 0 Å². The maximum Gasteiger partial charge on any atom is 0.241 e. The average molecular weight is 492 g/mol. The molecule has 9 heteroatoms. The van der Waals surface area contributed by atoms with Gasteiger partial charge in [-0.05, 0) is 70.2 Å². The normalized spacial score (nSPS) is 21.6. The largest absolute Gasteiger partial charge is 0.379 e. The smallest absolute Gasteiger partial charge is 0.241 e. The lowest BCUT2D eigenvalue weighted by Crippen LogP contribution is -2.46. The molecule has 4 aromatic rings. The van der Waals surface area contributed by atoms with Crippen molar-refractivity contribution in [3.8, 4) is 11.1 Å². The zero-order chi connectivity index (χ0) is 24.8. The topological polar surface area (TPSA) is 72.5 Å². The predicted octanol–water partition coefficient (Wildman–Crippen LogP) is 4.83. The van der Waals surface area contributed by atoms with Crippen LogP contribution >= 0.6 is 0 Å². The maximum absolute atomic E-state index is 15.0.